The molecule has 1 saturated carbocycles. The topological polar surface area (TPSA) is 75.3 Å². The SMILES string of the molecule is CC(C)NS(=O)(=O)c1cccc(C(=O)NCC2(c3ccccc3)CCC2)c1. The van der Waals surface area contributed by atoms with E-state index in [-0.39, 0.29) is 22.3 Å². The molecule has 2 aromatic carbocycles. The Hall–Kier alpha value is -2.18. The molecule has 2 aromatic rings. The highest BCUT2D eigenvalue weighted by Crippen LogP contribution is 2.43. The normalized spacial score (nSPS) is 16.0. The number of hydrogen-bond acceptors (Lipinski definition) is 3. The minimum absolute atomic E-state index is 0.0141. The molecule has 0 atom stereocenters. The standard InChI is InChI=1S/C21H26N2O3S/c1-16(2)23-27(25,26)19-11-6-8-17(14-19)20(24)22-15-21(12-7-13-21)18-9-4-3-5-10-18/h3-6,8-11,14,16,23H,7,12-13,15H2,1-2H3,(H,22,24). The minimum atomic E-state index is -3.63. The third-order valence-electron chi connectivity index (χ3n) is 5.08. The molecular weight excluding hydrogens is 360 g/mol. The molecule has 0 aliphatic heterocycles. The summed E-state index contributed by atoms with van der Waals surface area (Å²) in [7, 11) is -3.63. The van der Waals surface area contributed by atoms with Crippen LogP contribution in [0.4, 0.5) is 0 Å². The van der Waals surface area contributed by atoms with Crippen molar-refractivity contribution in [1.82, 2.24) is 10.0 Å². The van der Waals surface area contributed by atoms with E-state index in [0.717, 1.165) is 19.3 Å². The molecule has 0 radical (unpaired) electrons. The molecule has 144 valence electrons. The molecule has 1 aliphatic carbocycles. The molecule has 2 N–H and O–H groups in total. The van der Waals surface area contributed by atoms with Crippen LogP contribution in [0.1, 0.15) is 49.0 Å². The maximum Gasteiger partial charge on any atom is 0.251 e. The van der Waals surface area contributed by atoms with Crippen LogP contribution in [0.2, 0.25) is 0 Å². The number of carbonyl (C=O) groups excluding carboxylic acids is 1. The number of hydrogen-bond donors (Lipinski definition) is 2. The Morgan fingerprint density at radius 2 is 1.78 bits per heavy atom. The van der Waals surface area contributed by atoms with Gasteiger partial charge in [-0.2, -0.15) is 0 Å². The lowest BCUT2D eigenvalue weighted by Crippen LogP contribution is -2.45. The van der Waals surface area contributed by atoms with Gasteiger partial charge in [-0.15, -0.1) is 0 Å². The van der Waals surface area contributed by atoms with Crippen molar-refractivity contribution in [1.29, 1.82) is 0 Å². The predicted molar refractivity (Wildman–Crippen MR) is 106 cm³/mol. The summed E-state index contributed by atoms with van der Waals surface area (Å²) in [6, 6.07) is 16.2. The average molecular weight is 387 g/mol. The fraction of sp³-hybridized carbons (Fsp3) is 0.381. The summed E-state index contributed by atoms with van der Waals surface area (Å²) < 4.78 is 27.2. The van der Waals surface area contributed by atoms with Gasteiger partial charge in [0.15, 0.2) is 0 Å². The lowest BCUT2D eigenvalue weighted by atomic mass is 9.64. The van der Waals surface area contributed by atoms with Gasteiger partial charge in [0, 0.05) is 23.6 Å². The molecule has 0 heterocycles. The van der Waals surface area contributed by atoms with Crippen molar-refractivity contribution in [2.24, 2.45) is 0 Å². The molecule has 0 unspecified atom stereocenters. The second-order valence-corrected chi connectivity index (χ2v) is 9.20. The quantitative estimate of drug-likeness (QED) is 0.767. The van der Waals surface area contributed by atoms with Crippen LogP contribution in [0.15, 0.2) is 59.5 Å². The second-order valence-electron chi connectivity index (χ2n) is 7.49. The molecule has 3 rings (SSSR count). The van der Waals surface area contributed by atoms with Gasteiger partial charge >= 0.3 is 0 Å². The van der Waals surface area contributed by atoms with Crippen molar-refractivity contribution < 1.29 is 13.2 Å². The number of rotatable bonds is 7. The van der Waals surface area contributed by atoms with Gasteiger partial charge in [-0.1, -0.05) is 42.8 Å². The zero-order chi connectivity index (χ0) is 19.5. The number of nitrogens with one attached hydrogen (secondary N) is 2. The van der Waals surface area contributed by atoms with E-state index in [1.165, 1.54) is 17.7 Å². The summed E-state index contributed by atoms with van der Waals surface area (Å²) in [6.45, 7) is 4.07. The van der Waals surface area contributed by atoms with Crippen LogP contribution in [-0.2, 0) is 15.4 Å². The van der Waals surface area contributed by atoms with Crippen LogP contribution in [-0.4, -0.2) is 26.9 Å². The van der Waals surface area contributed by atoms with Crippen LogP contribution in [0.3, 0.4) is 0 Å². The van der Waals surface area contributed by atoms with Crippen LogP contribution in [0.5, 0.6) is 0 Å². The Morgan fingerprint density at radius 3 is 2.37 bits per heavy atom. The Morgan fingerprint density at radius 1 is 1.07 bits per heavy atom. The number of carbonyl (C=O) groups is 1. The van der Waals surface area contributed by atoms with Gasteiger partial charge < -0.3 is 5.32 Å². The zero-order valence-electron chi connectivity index (χ0n) is 15.7. The van der Waals surface area contributed by atoms with E-state index < -0.39 is 10.0 Å². The Bertz CT molecular complexity index is 904. The summed E-state index contributed by atoms with van der Waals surface area (Å²) in [5, 5.41) is 3.01. The smallest absolute Gasteiger partial charge is 0.251 e. The van der Waals surface area contributed by atoms with Crippen LogP contribution >= 0.6 is 0 Å². The molecule has 1 fully saturated rings. The van der Waals surface area contributed by atoms with Crippen LogP contribution < -0.4 is 10.0 Å². The first-order chi connectivity index (χ1) is 12.8. The van der Waals surface area contributed by atoms with E-state index in [9.17, 15) is 13.2 Å². The van der Waals surface area contributed by atoms with Gasteiger partial charge in [-0.05, 0) is 50.5 Å². The predicted octanol–water partition coefficient (Wildman–Crippen LogP) is 3.23. The average Bonchev–Trinajstić information content (AvgIpc) is 2.60. The minimum Gasteiger partial charge on any atom is -0.351 e. The highest BCUT2D eigenvalue weighted by atomic mass is 32.2. The first-order valence-electron chi connectivity index (χ1n) is 9.29. The Balaban J connectivity index is 1.73. The summed E-state index contributed by atoms with van der Waals surface area (Å²) in [6.07, 6.45) is 3.24. The van der Waals surface area contributed by atoms with Gasteiger partial charge in [0.25, 0.3) is 5.91 Å². The monoisotopic (exact) mass is 386 g/mol. The van der Waals surface area contributed by atoms with Gasteiger partial charge in [0.2, 0.25) is 10.0 Å². The molecular formula is C21H26N2O3S. The molecule has 0 saturated heterocycles. The van der Waals surface area contributed by atoms with Gasteiger partial charge in [0.1, 0.15) is 0 Å². The van der Waals surface area contributed by atoms with E-state index in [1.54, 1.807) is 26.0 Å². The van der Waals surface area contributed by atoms with E-state index in [0.29, 0.717) is 12.1 Å². The largest absolute Gasteiger partial charge is 0.351 e. The molecule has 0 bridgehead atoms. The van der Waals surface area contributed by atoms with Crippen molar-refractivity contribution in [3.05, 3.63) is 65.7 Å². The molecule has 5 nitrogen and oxygen atoms in total. The van der Waals surface area contributed by atoms with E-state index >= 15 is 0 Å². The fourth-order valence-corrected chi connectivity index (χ4v) is 4.79. The maximum absolute atomic E-state index is 12.6. The fourth-order valence-electron chi connectivity index (χ4n) is 3.50. The van der Waals surface area contributed by atoms with Gasteiger partial charge in [-0.3, -0.25) is 4.79 Å². The molecule has 27 heavy (non-hydrogen) atoms. The highest BCUT2D eigenvalue weighted by molar-refractivity contribution is 7.89. The van der Waals surface area contributed by atoms with E-state index in [1.807, 2.05) is 18.2 Å². The van der Waals surface area contributed by atoms with Crippen molar-refractivity contribution in [2.75, 3.05) is 6.54 Å². The van der Waals surface area contributed by atoms with Crippen molar-refractivity contribution in [3.8, 4) is 0 Å². The van der Waals surface area contributed by atoms with Crippen molar-refractivity contribution in [2.45, 2.75) is 49.5 Å². The van der Waals surface area contributed by atoms with E-state index in [4.69, 9.17) is 0 Å². The first-order valence-corrected chi connectivity index (χ1v) is 10.8. The lowest BCUT2D eigenvalue weighted by Gasteiger charge is -2.42. The number of benzene rings is 2. The van der Waals surface area contributed by atoms with E-state index in [2.05, 4.69) is 22.2 Å². The summed E-state index contributed by atoms with van der Waals surface area (Å²) in [4.78, 5) is 12.7. The maximum atomic E-state index is 12.6. The third-order valence-corrected chi connectivity index (χ3v) is 6.74. The second kappa shape index (κ2) is 7.82. The van der Waals surface area contributed by atoms with Crippen LogP contribution in [0.25, 0.3) is 0 Å². The third kappa shape index (κ3) is 4.39. The molecule has 1 aliphatic rings. The van der Waals surface area contributed by atoms with Gasteiger partial charge in [0.05, 0.1) is 4.90 Å². The van der Waals surface area contributed by atoms with Crippen molar-refractivity contribution in [3.63, 3.8) is 0 Å². The number of amides is 1. The Kier molecular flexibility index (Phi) is 5.67. The Labute approximate surface area is 161 Å². The zero-order valence-corrected chi connectivity index (χ0v) is 16.6. The summed E-state index contributed by atoms with van der Waals surface area (Å²) in [5.41, 5.74) is 1.58. The van der Waals surface area contributed by atoms with Crippen LogP contribution in [0, 0.1) is 0 Å². The summed E-state index contributed by atoms with van der Waals surface area (Å²) >= 11 is 0. The first kappa shape index (κ1) is 19.6. The molecule has 0 aromatic heterocycles. The molecule has 1 amide bonds. The lowest BCUT2D eigenvalue weighted by molar-refractivity contribution is 0.0927. The molecule has 0 spiro atoms. The van der Waals surface area contributed by atoms with Gasteiger partial charge in [-0.25, -0.2) is 13.1 Å². The molecule has 6 heteroatoms. The highest BCUT2D eigenvalue weighted by Gasteiger charge is 2.38. The summed E-state index contributed by atoms with van der Waals surface area (Å²) in [5.74, 6) is -0.251. The number of sulfonamides is 1. The van der Waals surface area contributed by atoms with Crippen molar-refractivity contribution >= 4 is 15.9 Å².